The van der Waals surface area contributed by atoms with Crippen LogP contribution in [-0.4, -0.2) is 60.6 Å². The Morgan fingerprint density at radius 3 is 2.75 bits per heavy atom. The molecule has 0 unspecified atom stereocenters. The molecule has 6 heteroatoms. The molecule has 0 radical (unpaired) electrons. The first-order valence-corrected chi connectivity index (χ1v) is 9.39. The van der Waals surface area contributed by atoms with Crippen molar-refractivity contribution in [3.63, 3.8) is 0 Å². The lowest BCUT2D eigenvalue weighted by Crippen LogP contribution is -2.46. The Kier molecular flexibility index (Phi) is 4.59. The Balaban J connectivity index is 1.65. The van der Waals surface area contributed by atoms with Crippen LogP contribution >= 0.6 is 0 Å². The summed E-state index contributed by atoms with van der Waals surface area (Å²) in [5, 5.41) is 10.0. The number of carboxylic acid groups (broad SMARTS) is 1. The van der Waals surface area contributed by atoms with E-state index in [9.17, 15) is 14.7 Å². The molecular weight excluding hydrogens is 356 g/mol. The van der Waals surface area contributed by atoms with Crippen LogP contribution in [-0.2, 0) is 11.3 Å². The molecule has 2 aromatic rings. The van der Waals surface area contributed by atoms with E-state index in [2.05, 4.69) is 0 Å². The maximum absolute atomic E-state index is 13.2. The summed E-state index contributed by atoms with van der Waals surface area (Å²) in [6.07, 6.45) is 0. The number of likely N-dealkylation sites (tertiary alicyclic amines) is 1. The molecule has 0 aromatic heterocycles. The van der Waals surface area contributed by atoms with Crippen molar-refractivity contribution in [1.82, 2.24) is 9.80 Å². The van der Waals surface area contributed by atoms with Crippen LogP contribution in [0.5, 0.6) is 5.75 Å². The average molecular weight is 380 g/mol. The number of carbonyl (C=O) groups is 2. The number of ether oxygens (including phenoxy) is 1. The highest BCUT2D eigenvalue weighted by atomic mass is 16.5. The zero-order chi connectivity index (χ0) is 19.9. The van der Waals surface area contributed by atoms with Crippen molar-refractivity contribution in [2.45, 2.75) is 12.5 Å². The third-order valence-corrected chi connectivity index (χ3v) is 5.71. The summed E-state index contributed by atoms with van der Waals surface area (Å²) >= 11 is 0. The molecule has 2 aliphatic rings. The molecule has 1 fully saturated rings. The number of aliphatic carboxylic acids is 1. The third kappa shape index (κ3) is 3.03. The SMILES string of the molecule is CN(C)Cc1cccc(C(=O)N2C[C@@H]3c4ccccc4OC[C@]3(C(=O)O)C2)c1. The van der Waals surface area contributed by atoms with Gasteiger partial charge in [-0.3, -0.25) is 9.59 Å². The second-order valence-corrected chi connectivity index (χ2v) is 7.96. The highest BCUT2D eigenvalue weighted by Crippen LogP contribution is 2.49. The van der Waals surface area contributed by atoms with Crippen LogP contribution in [0.15, 0.2) is 48.5 Å². The van der Waals surface area contributed by atoms with E-state index in [0.29, 0.717) is 17.9 Å². The van der Waals surface area contributed by atoms with Gasteiger partial charge in [0.25, 0.3) is 5.91 Å². The van der Waals surface area contributed by atoms with Gasteiger partial charge in [0, 0.05) is 36.7 Å². The third-order valence-electron chi connectivity index (χ3n) is 5.71. The number of hydrogen-bond donors (Lipinski definition) is 1. The summed E-state index contributed by atoms with van der Waals surface area (Å²) in [6.45, 7) is 1.35. The van der Waals surface area contributed by atoms with Crippen LogP contribution in [0.3, 0.4) is 0 Å². The van der Waals surface area contributed by atoms with Gasteiger partial charge in [0.15, 0.2) is 0 Å². The van der Waals surface area contributed by atoms with Crippen molar-refractivity contribution in [2.24, 2.45) is 5.41 Å². The summed E-state index contributed by atoms with van der Waals surface area (Å²) in [7, 11) is 3.96. The van der Waals surface area contributed by atoms with Gasteiger partial charge in [-0.05, 0) is 37.9 Å². The molecule has 1 amide bonds. The quantitative estimate of drug-likeness (QED) is 0.882. The molecule has 2 aromatic carbocycles. The van der Waals surface area contributed by atoms with E-state index in [1.54, 1.807) is 11.0 Å². The fourth-order valence-corrected chi connectivity index (χ4v) is 4.34. The number of rotatable bonds is 4. The van der Waals surface area contributed by atoms with Crippen LogP contribution < -0.4 is 4.74 Å². The van der Waals surface area contributed by atoms with E-state index < -0.39 is 11.4 Å². The topological polar surface area (TPSA) is 70.1 Å². The predicted octanol–water partition coefficient (Wildman–Crippen LogP) is 2.45. The number of para-hydroxylation sites is 1. The van der Waals surface area contributed by atoms with Gasteiger partial charge in [-0.1, -0.05) is 30.3 Å². The Hall–Kier alpha value is -2.86. The van der Waals surface area contributed by atoms with E-state index in [-0.39, 0.29) is 25.0 Å². The molecule has 1 N–H and O–H groups in total. The zero-order valence-electron chi connectivity index (χ0n) is 16.1. The van der Waals surface area contributed by atoms with Gasteiger partial charge < -0.3 is 19.6 Å². The molecule has 0 aliphatic carbocycles. The lowest BCUT2D eigenvalue weighted by molar-refractivity contribution is -0.151. The van der Waals surface area contributed by atoms with Gasteiger partial charge in [0.2, 0.25) is 0 Å². The van der Waals surface area contributed by atoms with Crippen molar-refractivity contribution in [3.05, 3.63) is 65.2 Å². The van der Waals surface area contributed by atoms with E-state index in [1.807, 2.05) is 61.5 Å². The first kappa shape index (κ1) is 18.5. The van der Waals surface area contributed by atoms with Crippen molar-refractivity contribution in [2.75, 3.05) is 33.8 Å². The number of carbonyl (C=O) groups excluding carboxylic acids is 1. The summed E-state index contributed by atoms with van der Waals surface area (Å²) < 4.78 is 5.77. The molecular formula is C22H24N2O4. The maximum Gasteiger partial charge on any atom is 0.315 e. The van der Waals surface area contributed by atoms with E-state index >= 15 is 0 Å². The first-order chi connectivity index (χ1) is 13.4. The van der Waals surface area contributed by atoms with Gasteiger partial charge in [0.05, 0.1) is 0 Å². The Morgan fingerprint density at radius 1 is 1.21 bits per heavy atom. The number of nitrogens with zero attached hydrogens (tertiary/aromatic N) is 2. The van der Waals surface area contributed by atoms with Gasteiger partial charge in [-0.15, -0.1) is 0 Å². The van der Waals surface area contributed by atoms with Gasteiger partial charge in [-0.2, -0.15) is 0 Å². The van der Waals surface area contributed by atoms with Crippen molar-refractivity contribution in [1.29, 1.82) is 0 Å². The highest BCUT2D eigenvalue weighted by molar-refractivity contribution is 5.95. The minimum atomic E-state index is -1.11. The number of fused-ring (bicyclic) bond motifs is 3. The normalized spacial score (nSPS) is 23.1. The van der Waals surface area contributed by atoms with Crippen molar-refractivity contribution >= 4 is 11.9 Å². The lowest BCUT2D eigenvalue weighted by atomic mass is 9.73. The molecule has 28 heavy (non-hydrogen) atoms. The summed E-state index contributed by atoms with van der Waals surface area (Å²) in [6, 6.07) is 15.1. The van der Waals surface area contributed by atoms with Gasteiger partial charge >= 0.3 is 5.97 Å². The number of carboxylic acids is 1. The molecule has 6 nitrogen and oxygen atoms in total. The fraction of sp³-hybridized carbons (Fsp3) is 0.364. The molecule has 0 spiro atoms. The van der Waals surface area contributed by atoms with Crippen LogP contribution in [0.2, 0.25) is 0 Å². The van der Waals surface area contributed by atoms with Gasteiger partial charge in [-0.25, -0.2) is 0 Å². The Morgan fingerprint density at radius 2 is 2.00 bits per heavy atom. The molecule has 0 bridgehead atoms. The maximum atomic E-state index is 13.2. The first-order valence-electron chi connectivity index (χ1n) is 9.39. The van der Waals surface area contributed by atoms with E-state index in [4.69, 9.17) is 4.74 Å². The Labute approximate surface area is 164 Å². The minimum absolute atomic E-state index is 0.0778. The monoisotopic (exact) mass is 380 g/mol. The fourth-order valence-electron chi connectivity index (χ4n) is 4.34. The lowest BCUT2D eigenvalue weighted by Gasteiger charge is -2.35. The highest BCUT2D eigenvalue weighted by Gasteiger charge is 2.57. The van der Waals surface area contributed by atoms with E-state index in [1.165, 1.54) is 0 Å². The molecule has 1 saturated heterocycles. The summed E-state index contributed by atoms with van der Waals surface area (Å²) in [5.74, 6) is -0.604. The largest absolute Gasteiger partial charge is 0.492 e. The van der Waals surface area contributed by atoms with Gasteiger partial charge in [0.1, 0.15) is 17.8 Å². The average Bonchev–Trinajstić information content (AvgIpc) is 3.09. The second-order valence-electron chi connectivity index (χ2n) is 7.96. The summed E-state index contributed by atoms with van der Waals surface area (Å²) in [5.41, 5.74) is 1.40. The molecule has 2 heterocycles. The molecule has 2 aliphatic heterocycles. The van der Waals surface area contributed by atoms with Crippen LogP contribution in [0.4, 0.5) is 0 Å². The second kappa shape index (κ2) is 6.95. The molecule has 146 valence electrons. The smallest absolute Gasteiger partial charge is 0.315 e. The summed E-state index contributed by atoms with van der Waals surface area (Å²) in [4.78, 5) is 29.1. The van der Waals surface area contributed by atoms with Crippen molar-refractivity contribution in [3.8, 4) is 5.75 Å². The number of hydrogen-bond acceptors (Lipinski definition) is 4. The molecule has 0 saturated carbocycles. The molecule has 2 atom stereocenters. The number of amides is 1. The van der Waals surface area contributed by atoms with Crippen LogP contribution in [0, 0.1) is 5.41 Å². The standard InChI is InChI=1S/C22H24N2O4/c1-23(2)11-15-6-5-7-16(10-15)20(25)24-12-18-17-8-3-4-9-19(17)28-14-22(18,13-24)21(26)27/h3-10,18H,11-14H2,1-2H3,(H,26,27)/t18-,22-/m1/s1. The van der Waals surface area contributed by atoms with E-state index in [0.717, 1.165) is 17.7 Å². The predicted molar refractivity (Wildman–Crippen MR) is 104 cm³/mol. The zero-order valence-corrected chi connectivity index (χ0v) is 16.1. The molecule has 4 rings (SSSR count). The minimum Gasteiger partial charge on any atom is -0.492 e. The Bertz CT molecular complexity index is 926. The van der Waals surface area contributed by atoms with Crippen LogP contribution in [0.25, 0.3) is 0 Å². The van der Waals surface area contributed by atoms with Crippen molar-refractivity contribution < 1.29 is 19.4 Å². The number of benzene rings is 2. The van der Waals surface area contributed by atoms with Crippen LogP contribution in [0.1, 0.15) is 27.4 Å².